The minimum absolute atomic E-state index is 0.161. The summed E-state index contributed by atoms with van der Waals surface area (Å²) in [5.74, 6) is -2.06. The SMILES string of the molecule is CC[C@H](C)[C@H](NS(=O)(=O)c1cccc(C(=O)NCCOC)c1)C(=O)O. The Balaban J connectivity index is 3.00. The number of hydrogen-bond acceptors (Lipinski definition) is 5. The van der Waals surface area contributed by atoms with Gasteiger partial charge in [0.15, 0.2) is 0 Å². The number of carbonyl (C=O) groups excluding carboxylic acids is 1. The number of ether oxygens (including phenoxy) is 1. The molecule has 0 aliphatic carbocycles. The van der Waals surface area contributed by atoms with Gasteiger partial charge in [-0.15, -0.1) is 0 Å². The Morgan fingerprint density at radius 1 is 1.32 bits per heavy atom. The molecular formula is C16H24N2O6S. The van der Waals surface area contributed by atoms with Gasteiger partial charge >= 0.3 is 5.97 Å². The molecule has 1 rings (SSSR count). The quantitative estimate of drug-likeness (QED) is 0.523. The number of sulfonamides is 1. The van der Waals surface area contributed by atoms with Crippen LogP contribution in [-0.2, 0) is 19.6 Å². The van der Waals surface area contributed by atoms with Gasteiger partial charge < -0.3 is 15.2 Å². The normalized spacial score (nSPS) is 13.9. The smallest absolute Gasteiger partial charge is 0.322 e. The fourth-order valence-corrected chi connectivity index (χ4v) is 3.40. The van der Waals surface area contributed by atoms with Gasteiger partial charge in [0, 0.05) is 19.2 Å². The molecule has 0 spiro atoms. The van der Waals surface area contributed by atoms with E-state index in [-0.39, 0.29) is 16.4 Å². The van der Waals surface area contributed by atoms with Crippen LogP contribution in [0.4, 0.5) is 0 Å². The average Bonchev–Trinajstić information content (AvgIpc) is 2.59. The van der Waals surface area contributed by atoms with Crippen LogP contribution in [0.3, 0.4) is 0 Å². The molecule has 0 saturated carbocycles. The molecule has 0 saturated heterocycles. The van der Waals surface area contributed by atoms with Crippen LogP contribution in [-0.4, -0.2) is 51.7 Å². The second-order valence-corrected chi connectivity index (χ2v) is 7.31. The first-order valence-electron chi connectivity index (χ1n) is 7.85. The number of amides is 1. The number of rotatable bonds is 10. The van der Waals surface area contributed by atoms with Crippen LogP contribution < -0.4 is 10.0 Å². The summed E-state index contributed by atoms with van der Waals surface area (Å²) in [6.45, 7) is 4.06. The first-order chi connectivity index (χ1) is 11.7. The van der Waals surface area contributed by atoms with E-state index >= 15 is 0 Å². The molecular weight excluding hydrogens is 348 g/mol. The Morgan fingerprint density at radius 3 is 2.56 bits per heavy atom. The third-order valence-corrected chi connectivity index (χ3v) is 5.20. The van der Waals surface area contributed by atoms with E-state index in [4.69, 9.17) is 4.74 Å². The van der Waals surface area contributed by atoms with E-state index in [1.807, 2.05) is 0 Å². The summed E-state index contributed by atoms with van der Waals surface area (Å²) >= 11 is 0. The summed E-state index contributed by atoms with van der Waals surface area (Å²) < 4.78 is 32.0. The van der Waals surface area contributed by atoms with E-state index in [0.29, 0.717) is 19.6 Å². The largest absolute Gasteiger partial charge is 0.480 e. The molecule has 0 bridgehead atoms. The van der Waals surface area contributed by atoms with Gasteiger partial charge in [0.1, 0.15) is 6.04 Å². The summed E-state index contributed by atoms with van der Waals surface area (Å²) in [6, 6.07) is 4.18. The zero-order valence-corrected chi connectivity index (χ0v) is 15.3. The Bertz CT molecular complexity index is 704. The van der Waals surface area contributed by atoms with Gasteiger partial charge in [-0.1, -0.05) is 26.3 Å². The first kappa shape index (κ1) is 21.1. The minimum atomic E-state index is -4.08. The maximum atomic E-state index is 12.5. The summed E-state index contributed by atoms with van der Waals surface area (Å²) in [7, 11) is -2.58. The lowest BCUT2D eigenvalue weighted by Gasteiger charge is -2.20. The van der Waals surface area contributed by atoms with Crippen molar-refractivity contribution in [3.8, 4) is 0 Å². The van der Waals surface area contributed by atoms with E-state index in [9.17, 15) is 23.1 Å². The zero-order chi connectivity index (χ0) is 19.0. The van der Waals surface area contributed by atoms with E-state index < -0.39 is 27.9 Å². The molecule has 0 aromatic heterocycles. The molecule has 0 unspecified atom stereocenters. The van der Waals surface area contributed by atoms with E-state index in [1.165, 1.54) is 31.4 Å². The van der Waals surface area contributed by atoms with Crippen LogP contribution in [0.1, 0.15) is 30.6 Å². The monoisotopic (exact) mass is 372 g/mol. The second-order valence-electron chi connectivity index (χ2n) is 5.60. The number of hydrogen-bond donors (Lipinski definition) is 3. The lowest BCUT2D eigenvalue weighted by molar-refractivity contribution is -0.140. The number of carbonyl (C=O) groups is 2. The molecule has 0 heterocycles. The second kappa shape index (κ2) is 9.50. The van der Waals surface area contributed by atoms with Crippen molar-refractivity contribution < 1.29 is 27.9 Å². The van der Waals surface area contributed by atoms with Crippen molar-refractivity contribution in [2.75, 3.05) is 20.3 Å². The maximum Gasteiger partial charge on any atom is 0.322 e. The Kier molecular flexibility index (Phi) is 8.01. The van der Waals surface area contributed by atoms with Crippen LogP contribution in [0.5, 0.6) is 0 Å². The van der Waals surface area contributed by atoms with Crippen LogP contribution in [0.15, 0.2) is 29.2 Å². The van der Waals surface area contributed by atoms with Crippen molar-refractivity contribution in [3.05, 3.63) is 29.8 Å². The van der Waals surface area contributed by atoms with Crippen LogP contribution in [0, 0.1) is 5.92 Å². The van der Waals surface area contributed by atoms with Crippen molar-refractivity contribution in [1.82, 2.24) is 10.0 Å². The Hall–Kier alpha value is -1.97. The molecule has 0 aliphatic heterocycles. The standard InChI is InChI=1S/C16H24N2O6S/c1-4-11(2)14(16(20)21)18-25(22,23)13-7-5-6-12(10-13)15(19)17-8-9-24-3/h5-7,10-11,14,18H,4,8-9H2,1-3H3,(H,17,19)(H,20,21)/t11-,14-/m0/s1. The highest BCUT2D eigenvalue weighted by molar-refractivity contribution is 7.89. The van der Waals surface area contributed by atoms with Gasteiger partial charge in [-0.25, -0.2) is 8.42 Å². The Morgan fingerprint density at radius 2 is 2.00 bits per heavy atom. The predicted molar refractivity (Wildman–Crippen MR) is 91.9 cm³/mol. The summed E-state index contributed by atoms with van der Waals surface area (Å²) in [5, 5.41) is 11.8. The van der Waals surface area contributed by atoms with E-state index in [2.05, 4.69) is 10.0 Å². The lowest BCUT2D eigenvalue weighted by atomic mass is 10.0. The number of carboxylic acids is 1. The highest BCUT2D eigenvalue weighted by Crippen LogP contribution is 2.15. The molecule has 8 nitrogen and oxygen atoms in total. The van der Waals surface area contributed by atoms with Gasteiger partial charge in [-0.2, -0.15) is 4.72 Å². The molecule has 1 aromatic carbocycles. The van der Waals surface area contributed by atoms with Crippen LogP contribution in [0.2, 0.25) is 0 Å². The van der Waals surface area contributed by atoms with Gasteiger partial charge in [0.05, 0.1) is 11.5 Å². The number of methoxy groups -OCH3 is 1. The fraction of sp³-hybridized carbons (Fsp3) is 0.500. The van der Waals surface area contributed by atoms with Crippen molar-refractivity contribution >= 4 is 21.9 Å². The van der Waals surface area contributed by atoms with Crippen molar-refractivity contribution in [3.63, 3.8) is 0 Å². The molecule has 3 N–H and O–H groups in total. The molecule has 25 heavy (non-hydrogen) atoms. The van der Waals surface area contributed by atoms with Crippen LogP contribution in [0.25, 0.3) is 0 Å². The highest BCUT2D eigenvalue weighted by atomic mass is 32.2. The molecule has 9 heteroatoms. The van der Waals surface area contributed by atoms with Crippen molar-refractivity contribution in [2.24, 2.45) is 5.92 Å². The third-order valence-electron chi connectivity index (χ3n) is 3.76. The molecule has 0 radical (unpaired) electrons. The molecule has 2 atom stereocenters. The van der Waals surface area contributed by atoms with Crippen molar-refractivity contribution in [2.45, 2.75) is 31.2 Å². The maximum absolute atomic E-state index is 12.5. The highest BCUT2D eigenvalue weighted by Gasteiger charge is 2.29. The molecule has 1 aromatic rings. The van der Waals surface area contributed by atoms with Crippen molar-refractivity contribution in [1.29, 1.82) is 0 Å². The van der Waals surface area contributed by atoms with Gasteiger partial charge in [-0.05, 0) is 24.1 Å². The molecule has 0 fully saturated rings. The zero-order valence-electron chi connectivity index (χ0n) is 14.5. The minimum Gasteiger partial charge on any atom is -0.480 e. The fourth-order valence-electron chi connectivity index (χ4n) is 2.05. The molecule has 1 amide bonds. The Labute approximate surface area is 147 Å². The summed E-state index contributed by atoms with van der Waals surface area (Å²) in [5.41, 5.74) is 0.161. The molecule has 140 valence electrons. The summed E-state index contributed by atoms with van der Waals surface area (Å²) in [6.07, 6.45) is 0.501. The number of benzene rings is 1. The van der Waals surface area contributed by atoms with Gasteiger partial charge in [0.2, 0.25) is 10.0 Å². The third kappa shape index (κ3) is 6.11. The van der Waals surface area contributed by atoms with E-state index in [1.54, 1.807) is 13.8 Å². The van der Waals surface area contributed by atoms with Gasteiger partial charge in [-0.3, -0.25) is 9.59 Å². The summed E-state index contributed by atoms with van der Waals surface area (Å²) in [4.78, 5) is 23.2. The number of carboxylic acid groups (broad SMARTS) is 1. The molecule has 0 aliphatic rings. The average molecular weight is 372 g/mol. The van der Waals surface area contributed by atoms with Crippen LogP contribution >= 0.6 is 0 Å². The number of nitrogens with one attached hydrogen (secondary N) is 2. The van der Waals surface area contributed by atoms with Gasteiger partial charge in [0.25, 0.3) is 5.91 Å². The van der Waals surface area contributed by atoms with E-state index in [0.717, 1.165) is 0 Å². The first-order valence-corrected chi connectivity index (χ1v) is 9.33. The number of aliphatic carboxylic acids is 1. The predicted octanol–water partition coefficient (Wildman–Crippen LogP) is 0.840. The topological polar surface area (TPSA) is 122 Å². The lowest BCUT2D eigenvalue weighted by Crippen LogP contribution is -2.44.